The minimum Gasteiger partial charge on any atom is -0.388 e. The van der Waals surface area contributed by atoms with Crippen molar-refractivity contribution in [3.63, 3.8) is 0 Å². The minimum atomic E-state index is -0.331. The molecular weight excluding hydrogens is 242 g/mol. The van der Waals surface area contributed by atoms with E-state index < -0.39 is 0 Å². The van der Waals surface area contributed by atoms with E-state index in [2.05, 4.69) is 24.8 Å². The minimum absolute atomic E-state index is 0.331. The molecule has 0 aliphatic heterocycles. The van der Waals surface area contributed by atoms with Gasteiger partial charge in [-0.25, -0.2) is 0 Å². The Kier molecular flexibility index (Phi) is 7.40. The number of benzene rings is 1. The van der Waals surface area contributed by atoms with E-state index in [1.165, 1.54) is 4.90 Å². The first-order valence-corrected chi connectivity index (χ1v) is 7.83. The Morgan fingerprint density at radius 1 is 1.17 bits per heavy atom. The predicted octanol–water partition coefficient (Wildman–Crippen LogP) is 3.56. The fourth-order valence-electron chi connectivity index (χ4n) is 1.93. The zero-order valence-electron chi connectivity index (χ0n) is 11.7. The lowest BCUT2D eigenvalue weighted by Crippen LogP contribution is -2.25. The van der Waals surface area contributed by atoms with Crippen molar-refractivity contribution in [2.24, 2.45) is 0 Å². The summed E-state index contributed by atoms with van der Waals surface area (Å²) in [5.74, 6) is 1.08. The van der Waals surface area contributed by atoms with Crippen molar-refractivity contribution in [3.8, 4) is 0 Å². The molecular formula is C15H25NOS. The summed E-state index contributed by atoms with van der Waals surface area (Å²) in [6.07, 6.45) is 0.440. The molecule has 0 radical (unpaired) electrons. The maximum absolute atomic E-state index is 9.99. The van der Waals surface area contributed by atoms with Crippen LogP contribution >= 0.6 is 11.8 Å². The highest BCUT2D eigenvalue weighted by molar-refractivity contribution is 7.99. The molecule has 0 aromatic heterocycles. The van der Waals surface area contributed by atoms with E-state index in [4.69, 9.17) is 0 Å². The summed E-state index contributed by atoms with van der Waals surface area (Å²) >= 11 is 1.85. The molecule has 0 bridgehead atoms. The van der Waals surface area contributed by atoms with E-state index in [9.17, 15) is 5.11 Å². The highest BCUT2D eigenvalue weighted by atomic mass is 32.2. The molecule has 3 heteroatoms. The van der Waals surface area contributed by atoms with Crippen LogP contribution in [0.15, 0.2) is 29.2 Å². The van der Waals surface area contributed by atoms with Gasteiger partial charge in [-0.2, -0.15) is 0 Å². The van der Waals surface area contributed by atoms with Crippen molar-refractivity contribution < 1.29 is 5.11 Å². The van der Waals surface area contributed by atoms with Crippen LogP contribution in [0.1, 0.15) is 38.9 Å². The maximum atomic E-state index is 9.99. The Morgan fingerprint density at radius 2 is 1.83 bits per heavy atom. The monoisotopic (exact) mass is 267 g/mol. The number of hydrogen-bond donors (Lipinski definition) is 1. The van der Waals surface area contributed by atoms with Gasteiger partial charge in [0.1, 0.15) is 0 Å². The standard InChI is InChI=1S/C15H25NOS/c1-4-14(17)13-9-7-8-10-15(13)18-12-11-16(5-2)6-3/h7-10,14,17H,4-6,11-12H2,1-3H3/t14-/m1/s1. The molecule has 0 heterocycles. The molecule has 0 saturated heterocycles. The van der Waals surface area contributed by atoms with E-state index in [1.54, 1.807) is 0 Å². The van der Waals surface area contributed by atoms with Crippen LogP contribution in [0.5, 0.6) is 0 Å². The van der Waals surface area contributed by atoms with Crippen LogP contribution in [-0.2, 0) is 0 Å². The number of rotatable bonds is 8. The van der Waals surface area contributed by atoms with Gasteiger partial charge in [0.25, 0.3) is 0 Å². The van der Waals surface area contributed by atoms with E-state index in [0.717, 1.165) is 37.4 Å². The number of aliphatic hydroxyl groups is 1. The highest BCUT2D eigenvalue weighted by Crippen LogP contribution is 2.28. The average molecular weight is 267 g/mol. The second-order valence-corrected chi connectivity index (χ2v) is 5.47. The third kappa shape index (κ3) is 4.63. The van der Waals surface area contributed by atoms with Gasteiger partial charge in [-0.3, -0.25) is 0 Å². The summed E-state index contributed by atoms with van der Waals surface area (Å²) in [5, 5.41) is 9.99. The summed E-state index contributed by atoms with van der Waals surface area (Å²) in [6, 6.07) is 8.20. The molecule has 1 atom stereocenters. The average Bonchev–Trinajstić information content (AvgIpc) is 2.43. The molecule has 102 valence electrons. The molecule has 2 nitrogen and oxygen atoms in total. The van der Waals surface area contributed by atoms with Crippen molar-refractivity contribution >= 4 is 11.8 Å². The molecule has 0 aliphatic rings. The number of aliphatic hydroxyl groups excluding tert-OH is 1. The first kappa shape index (κ1) is 15.5. The zero-order valence-corrected chi connectivity index (χ0v) is 12.5. The fraction of sp³-hybridized carbons (Fsp3) is 0.600. The van der Waals surface area contributed by atoms with Crippen molar-refractivity contribution in [2.45, 2.75) is 38.2 Å². The Morgan fingerprint density at radius 3 is 2.44 bits per heavy atom. The zero-order chi connectivity index (χ0) is 13.4. The normalized spacial score (nSPS) is 12.9. The summed E-state index contributed by atoms with van der Waals surface area (Å²) in [7, 11) is 0. The van der Waals surface area contributed by atoms with Crippen LogP contribution in [0.3, 0.4) is 0 Å². The van der Waals surface area contributed by atoms with Crippen molar-refractivity contribution in [3.05, 3.63) is 29.8 Å². The smallest absolute Gasteiger partial charge is 0.0798 e. The van der Waals surface area contributed by atoms with Crippen LogP contribution in [0.4, 0.5) is 0 Å². The summed E-state index contributed by atoms with van der Waals surface area (Å²) in [6.45, 7) is 9.73. The van der Waals surface area contributed by atoms with Crippen LogP contribution in [0.2, 0.25) is 0 Å². The summed E-state index contributed by atoms with van der Waals surface area (Å²) in [5.41, 5.74) is 1.07. The van der Waals surface area contributed by atoms with Gasteiger partial charge in [-0.15, -0.1) is 11.8 Å². The van der Waals surface area contributed by atoms with Crippen LogP contribution < -0.4 is 0 Å². The Bertz CT molecular complexity index is 339. The van der Waals surface area contributed by atoms with Gasteiger partial charge in [0.15, 0.2) is 0 Å². The number of nitrogens with zero attached hydrogens (tertiary/aromatic N) is 1. The van der Waals surface area contributed by atoms with Gasteiger partial charge in [0.2, 0.25) is 0 Å². The third-order valence-corrected chi connectivity index (χ3v) is 4.29. The Hall–Kier alpha value is -0.510. The van der Waals surface area contributed by atoms with E-state index in [0.29, 0.717) is 0 Å². The van der Waals surface area contributed by atoms with Gasteiger partial charge < -0.3 is 10.0 Å². The van der Waals surface area contributed by atoms with Crippen molar-refractivity contribution in [1.82, 2.24) is 4.90 Å². The van der Waals surface area contributed by atoms with Gasteiger partial charge in [-0.05, 0) is 31.1 Å². The maximum Gasteiger partial charge on any atom is 0.0798 e. The molecule has 18 heavy (non-hydrogen) atoms. The van der Waals surface area contributed by atoms with Gasteiger partial charge in [-0.1, -0.05) is 39.0 Å². The van der Waals surface area contributed by atoms with Crippen molar-refractivity contribution in [2.75, 3.05) is 25.4 Å². The molecule has 0 spiro atoms. The third-order valence-electron chi connectivity index (χ3n) is 3.22. The molecule has 1 N–H and O–H groups in total. The second-order valence-electron chi connectivity index (χ2n) is 4.34. The molecule has 1 rings (SSSR count). The lowest BCUT2D eigenvalue weighted by molar-refractivity contribution is 0.171. The molecule has 0 fully saturated rings. The number of hydrogen-bond acceptors (Lipinski definition) is 3. The quantitative estimate of drug-likeness (QED) is 0.728. The molecule has 0 saturated carbocycles. The predicted molar refractivity (Wildman–Crippen MR) is 80.2 cm³/mol. The van der Waals surface area contributed by atoms with Gasteiger partial charge in [0, 0.05) is 17.2 Å². The van der Waals surface area contributed by atoms with Crippen molar-refractivity contribution in [1.29, 1.82) is 0 Å². The molecule has 1 aromatic carbocycles. The lowest BCUT2D eigenvalue weighted by atomic mass is 10.1. The van der Waals surface area contributed by atoms with Crippen LogP contribution in [0.25, 0.3) is 0 Å². The Labute approximate surface area is 115 Å². The number of thioether (sulfide) groups is 1. The van der Waals surface area contributed by atoms with Gasteiger partial charge in [0.05, 0.1) is 6.10 Å². The molecule has 0 aliphatic carbocycles. The Balaban J connectivity index is 2.56. The summed E-state index contributed by atoms with van der Waals surface area (Å²) < 4.78 is 0. The van der Waals surface area contributed by atoms with Gasteiger partial charge >= 0.3 is 0 Å². The van der Waals surface area contributed by atoms with Crippen LogP contribution in [0, 0.1) is 0 Å². The second kappa shape index (κ2) is 8.57. The van der Waals surface area contributed by atoms with E-state index in [1.807, 2.05) is 36.9 Å². The molecule has 1 aromatic rings. The first-order chi connectivity index (χ1) is 8.72. The van der Waals surface area contributed by atoms with Crippen LogP contribution in [-0.4, -0.2) is 35.4 Å². The summed E-state index contributed by atoms with van der Waals surface area (Å²) in [4.78, 5) is 3.64. The van der Waals surface area contributed by atoms with E-state index in [-0.39, 0.29) is 6.10 Å². The molecule has 0 amide bonds. The molecule has 0 unspecified atom stereocenters. The highest BCUT2D eigenvalue weighted by Gasteiger charge is 2.10. The van der Waals surface area contributed by atoms with E-state index >= 15 is 0 Å². The topological polar surface area (TPSA) is 23.5 Å². The SMILES string of the molecule is CC[C@@H](O)c1ccccc1SCCN(CC)CC. The largest absolute Gasteiger partial charge is 0.388 e. The fourth-order valence-corrected chi connectivity index (χ4v) is 3.05. The lowest BCUT2D eigenvalue weighted by Gasteiger charge is -2.18. The first-order valence-electron chi connectivity index (χ1n) is 6.85.